The summed E-state index contributed by atoms with van der Waals surface area (Å²) in [4.78, 5) is 25.5. The van der Waals surface area contributed by atoms with Gasteiger partial charge in [-0.15, -0.1) is 0 Å². The molecule has 0 saturated heterocycles. The highest BCUT2D eigenvalue weighted by molar-refractivity contribution is 6.01. The Bertz CT molecular complexity index is 713. The van der Waals surface area contributed by atoms with Crippen molar-refractivity contribution in [2.24, 2.45) is 0 Å². The molecule has 2 aromatic carbocycles. The summed E-state index contributed by atoms with van der Waals surface area (Å²) in [6.45, 7) is 1.34. The van der Waals surface area contributed by atoms with Crippen molar-refractivity contribution in [1.29, 1.82) is 0 Å². The quantitative estimate of drug-likeness (QED) is 0.885. The van der Waals surface area contributed by atoms with Crippen LogP contribution in [0.5, 0.6) is 11.5 Å². The molecule has 126 valence electrons. The molecule has 2 rings (SSSR count). The maximum absolute atomic E-state index is 12.3. The normalized spacial score (nSPS) is 9.96. The predicted octanol–water partition coefficient (Wildman–Crippen LogP) is 2.70. The van der Waals surface area contributed by atoms with E-state index < -0.39 is 0 Å². The van der Waals surface area contributed by atoms with Crippen LogP contribution in [-0.4, -0.2) is 32.6 Å². The molecule has 24 heavy (non-hydrogen) atoms. The number of methoxy groups -OCH3 is 2. The molecule has 0 aliphatic rings. The first kappa shape index (κ1) is 17.3. The number of hydrogen-bond acceptors (Lipinski definition) is 4. The van der Waals surface area contributed by atoms with Crippen LogP contribution in [0.25, 0.3) is 0 Å². The zero-order valence-corrected chi connectivity index (χ0v) is 13.9. The van der Waals surface area contributed by atoms with Crippen LogP contribution in [0.4, 0.5) is 11.4 Å². The largest absolute Gasteiger partial charge is 0.497 e. The molecule has 1 N–H and O–H groups in total. The summed E-state index contributed by atoms with van der Waals surface area (Å²) in [5.74, 6) is 0.810. The van der Waals surface area contributed by atoms with Gasteiger partial charge in [0.1, 0.15) is 18.0 Å². The first-order chi connectivity index (χ1) is 11.5. The summed E-state index contributed by atoms with van der Waals surface area (Å²) in [7, 11) is 3.13. The molecule has 0 atom stereocenters. The zero-order chi connectivity index (χ0) is 17.5. The van der Waals surface area contributed by atoms with E-state index in [-0.39, 0.29) is 18.4 Å². The third-order valence-electron chi connectivity index (χ3n) is 3.42. The fraction of sp³-hybridized carbons (Fsp3) is 0.222. The minimum atomic E-state index is -0.297. The number of carbonyl (C=O) groups is 2. The van der Waals surface area contributed by atoms with Crippen LogP contribution in [0.15, 0.2) is 48.5 Å². The number of rotatable bonds is 6. The second kappa shape index (κ2) is 8.01. The lowest BCUT2D eigenvalue weighted by Crippen LogP contribution is -2.36. The molecule has 0 aromatic heterocycles. The first-order valence-corrected chi connectivity index (χ1v) is 7.39. The van der Waals surface area contributed by atoms with E-state index in [1.165, 1.54) is 11.8 Å². The molecule has 0 aliphatic heterocycles. The molecular formula is C18H20N2O4. The fourth-order valence-corrected chi connectivity index (χ4v) is 2.19. The SMILES string of the molecule is COc1ccc(N(CC(=O)Nc2cccc(OC)c2)C(C)=O)cc1. The number of ether oxygens (including phenoxy) is 2. The Morgan fingerprint density at radius 3 is 2.25 bits per heavy atom. The average Bonchev–Trinajstić information content (AvgIpc) is 2.59. The van der Waals surface area contributed by atoms with Crippen molar-refractivity contribution in [3.63, 3.8) is 0 Å². The predicted molar refractivity (Wildman–Crippen MR) is 92.6 cm³/mol. The molecular weight excluding hydrogens is 308 g/mol. The second-order valence-electron chi connectivity index (χ2n) is 5.08. The molecule has 0 unspecified atom stereocenters. The summed E-state index contributed by atoms with van der Waals surface area (Å²) < 4.78 is 10.2. The van der Waals surface area contributed by atoms with Gasteiger partial charge in [-0.25, -0.2) is 0 Å². The van der Waals surface area contributed by atoms with E-state index in [4.69, 9.17) is 9.47 Å². The average molecular weight is 328 g/mol. The van der Waals surface area contributed by atoms with Crippen molar-refractivity contribution in [2.45, 2.75) is 6.92 Å². The van der Waals surface area contributed by atoms with E-state index in [0.29, 0.717) is 22.9 Å². The van der Waals surface area contributed by atoms with Crippen LogP contribution >= 0.6 is 0 Å². The van der Waals surface area contributed by atoms with E-state index in [1.807, 2.05) is 0 Å². The maximum atomic E-state index is 12.3. The number of anilines is 2. The van der Waals surface area contributed by atoms with Crippen LogP contribution in [0.2, 0.25) is 0 Å². The van der Waals surface area contributed by atoms with E-state index in [1.54, 1.807) is 62.8 Å². The third kappa shape index (κ3) is 4.49. The van der Waals surface area contributed by atoms with Crippen molar-refractivity contribution in [3.05, 3.63) is 48.5 Å². The fourth-order valence-electron chi connectivity index (χ4n) is 2.19. The Kier molecular flexibility index (Phi) is 5.78. The van der Waals surface area contributed by atoms with Gasteiger partial charge >= 0.3 is 0 Å². The highest BCUT2D eigenvalue weighted by atomic mass is 16.5. The Morgan fingerprint density at radius 2 is 1.67 bits per heavy atom. The number of nitrogens with one attached hydrogen (secondary N) is 1. The first-order valence-electron chi connectivity index (χ1n) is 7.39. The Balaban J connectivity index is 2.08. The van der Waals surface area contributed by atoms with E-state index in [9.17, 15) is 9.59 Å². The molecule has 0 spiro atoms. The molecule has 0 radical (unpaired) electrons. The second-order valence-corrected chi connectivity index (χ2v) is 5.08. The Labute approximate surface area is 141 Å². The summed E-state index contributed by atoms with van der Waals surface area (Å²) in [6.07, 6.45) is 0. The maximum Gasteiger partial charge on any atom is 0.244 e. The van der Waals surface area contributed by atoms with Gasteiger partial charge in [-0.3, -0.25) is 9.59 Å². The molecule has 0 saturated carbocycles. The highest BCUT2D eigenvalue weighted by Gasteiger charge is 2.16. The van der Waals surface area contributed by atoms with Crippen molar-refractivity contribution < 1.29 is 19.1 Å². The zero-order valence-electron chi connectivity index (χ0n) is 13.9. The van der Waals surface area contributed by atoms with Gasteiger partial charge < -0.3 is 19.7 Å². The molecule has 0 aliphatic carbocycles. The summed E-state index contributed by atoms with van der Waals surface area (Å²) in [5, 5.41) is 2.76. The van der Waals surface area contributed by atoms with Crippen LogP contribution in [0.3, 0.4) is 0 Å². The number of hydrogen-bond donors (Lipinski definition) is 1. The van der Waals surface area contributed by atoms with Gasteiger partial charge in [-0.2, -0.15) is 0 Å². The van der Waals surface area contributed by atoms with Crippen molar-refractivity contribution in [1.82, 2.24) is 0 Å². The van der Waals surface area contributed by atoms with Gasteiger partial charge in [0, 0.05) is 24.4 Å². The van der Waals surface area contributed by atoms with Crippen molar-refractivity contribution in [2.75, 3.05) is 31.0 Å². The van der Waals surface area contributed by atoms with E-state index >= 15 is 0 Å². The molecule has 0 fully saturated rings. The Morgan fingerprint density at radius 1 is 1.00 bits per heavy atom. The lowest BCUT2D eigenvalue weighted by molar-refractivity contribution is -0.120. The van der Waals surface area contributed by atoms with Gasteiger partial charge in [-0.1, -0.05) is 6.07 Å². The molecule has 0 heterocycles. The molecule has 6 nitrogen and oxygen atoms in total. The standard InChI is InChI=1S/C18H20N2O4/c1-13(21)20(15-7-9-16(23-2)10-8-15)12-18(22)19-14-5-4-6-17(11-14)24-3/h4-11H,12H2,1-3H3,(H,19,22). The number of benzene rings is 2. The van der Waals surface area contributed by atoms with Crippen molar-refractivity contribution in [3.8, 4) is 11.5 Å². The van der Waals surface area contributed by atoms with Gasteiger partial charge in [0.15, 0.2) is 0 Å². The van der Waals surface area contributed by atoms with Gasteiger partial charge in [0.25, 0.3) is 0 Å². The summed E-state index contributed by atoms with van der Waals surface area (Å²) in [6, 6.07) is 14.0. The van der Waals surface area contributed by atoms with Crippen molar-refractivity contribution >= 4 is 23.2 Å². The molecule has 2 amide bonds. The molecule has 0 bridgehead atoms. The summed E-state index contributed by atoms with van der Waals surface area (Å²) in [5.41, 5.74) is 1.24. The van der Waals surface area contributed by atoms with Crippen LogP contribution in [0.1, 0.15) is 6.92 Å². The summed E-state index contributed by atoms with van der Waals surface area (Å²) >= 11 is 0. The lowest BCUT2D eigenvalue weighted by Gasteiger charge is -2.21. The van der Waals surface area contributed by atoms with Gasteiger partial charge in [-0.05, 0) is 36.4 Å². The van der Waals surface area contributed by atoms with E-state index in [2.05, 4.69) is 5.32 Å². The highest BCUT2D eigenvalue weighted by Crippen LogP contribution is 2.20. The third-order valence-corrected chi connectivity index (χ3v) is 3.42. The monoisotopic (exact) mass is 328 g/mol. The molecule has 2 aromatic rings. The van der Waals surface area contributed by atoms with Crippen LogP contribution in [-0.2, 0) is 9.59 Å². The number of amides is 2. The van der Waals surface area contributed by atoms with Gasteiger partial charge in [0.2, 0.25) is 11.8 Å². The Hall–Kier alpha value is -3.02. The van der Waals surface area contributed by atoms with Crippen LogP contribution < -0.4 is 19.7 Å². The topological polar surface area (TPSA) is 67.9 Å². The van der Waals surface area contributed by atoms with E-state index in [0.717, 1.165) is 0 Å². The van der Waals surface area contributed by atoms with Gasteiger partial charge in [0.05, 0.1) is 14.2 Å². The van der Waals surface area contributed by atoms with Crippen LogP contribution in [0, 0.1) is 0 Å². The molecule has 6 heteroatoms. The number of nitrogens with zero attached hydrogens (tertiary/aromatic N) is 1. The minimum absolute atomic E-state index is 0.0845. The number of carbonyl (C=O) groups excluding carboxylic acids is 2. The smallest absolute Gasteiger partial charge is 0.244 e. The lowest BCUT2D eigenvalue weighted by atomic mass is 10.2. The minimum Gasteiger partial charge on any atom is -0.497 e.